The van der Waals surface area contributed by atoms with Crippen molar-refractivity contribution in [2.75, 3.05) is 40.3 Å². The van der Waals surface area contributed by atoms with Crippen molar-refractivity contribution in [2.24, 2.45) is 11.5 Å². The molecule has 9 heteroatoms. The van der Waals surface area contributed by atoms with E-state index in [0.717, 1.165) is 44.9 Å². The Morgan fingerprint density at radius 3 is 2.26 bits per heavy atom. The lowest BCUT2D eigenvalue weighted by molar-refractivity contribution is -0.139. The van der Waals surface area contributed by atoms with Crippen molar-refractivity contribution in [1.29, 1.82) is 0 Å². The van der Waals surface area contributed by atoms with Crippen LogP contribution >= 0.6 is 0 Å². The van der Waals surface area contributed by atoms with Crippen molar-refractivity contribution in [1.82, 2.24) is 20.4 Å². The van der Waals surface area contributed by atoms with E-state index in [1.807, 2.05) is 19.0 Å². The minimum atomic E-state index is -0.671. The Kier molecular flexibility index (Phi) is 21.8. The van der Waals surface area contributed by atoms with Crippen LogP contribution in [0.25, 0.3) is 0 Å². The zero-order valence-corrected chi connectivity index (χ0v) is 27.0. The third-order valence-corrected chi connectivity index (χ3v) is 7.75. The van der Waals surface area contributed by atoms with Gasteiger partial charge < -0.3 is 31.9 Å². The number of carbonyl (C=O) groups excluding carboxylic acids is 3. The highest BCUT2D eigenvalue weighted by Gasteiger charge is 2.41. The SMILES string of the molecule is CCCCC/C=C/C/C=C/CCCCCCCC(=O)N[C@H]1C[C@@H](C(=O)NCCN(C)C)N(C(=O)C(N)CCCCN)C1. The second-order valence-electron chi connectivity index (χ2n) is 12.0. The van der Waals surface area contributed by atoms with Crippen LogP contribution in [0.5, 0.6) is 0 Å². The molecule has 3 atom stereocenters. The van der Waals surface area contributed by atoms with E-state index in [1.54, 1.807) is 4.90 Å². The number of hydrogen-bond donors (Lipinski definition) is 4. The van der Waals surface area contributed by atoms with Gasteiger partial charge in [0.15, 0.2) is 0 Å². The Morgan fingerprint density at radius 1 is 0.929 bits per heavy atom. The minimum absolute atomic E-state index is 0.0148. The molecule has 9 nitrogen and oxygen atoms in total. The highest BCUT2D eigenvalue weighted by atomic mass is 16.2. The molecule has 0 aromatic rings. The fourth-order valence-electron chi connectivity index (χ4n) is 5.20. The maximum atomic E-state index is 13.2. The fourth-order valence-corrected chi connectivity index (χ4v) is 5.20. The zero-order chi connectivity index (χ0) is 31.0. The highest BCUT2D eigenvalue weighted by molar-refractivity contribution is 5.90. The number of nitrogens with two attached hydrogens (primary N) is 2. The molecule has 1 unspecified atom stereocenters. The number of likely N-dealkylation sites (tertiary alicyclic amines) is 1. The maximum Gasteiger partial charge on any atom is 0.242 e. The molecule has 1 heterocycles. The molecule has 1 saturated heterocycles. The summed E-state index contributed by atoms with van der Waals surface area (Å²) in [6.45, 7) is 4.31. The molecule has 0 aromatic carbocycles. The normalized spacial score (nSPS) is 17.9. The van der Waals surface area contributed by atoms with Gasteiger partial charge in [-0.3, -0.25) is 14.4 Å². The molecule has 242 valence electrons. The van der Waals surface area contributed by atoms with Crippen LogP contribution < -0.4 is 22.1 Å². The molecule has 0 aromatic heterocycles. The topological polar surface area (TPSA) is 134 Å². The predicted octanol–water partition coefficient (Wildman–Crippen LogP) is 4.02. The fraction of sp³-hybridized carbons (Fsp3) is 0.788. The van der Waals surface area contributed by atoms with Gasteiger partial charge in [-0.2, -0.15) is 0 Å². The summed E-state index contributed by atoms with van der Waals surface area (Å²) in [5, 5.41) is 6.01. The summed E-state index contributed by atoms with van der Waals surface area (Å²) in [6.07, 6.45) is 24.6. The molecule has 1 fully saturated rings. The van der Waals surface area contributed by atoms with Gasteiger partial charge >= 0.3 is 0 Å². The largest absolute Gasteiger partial charge is 0.353 e. The second-order valence-corrected chi connectivity index (χ2v) is 12.0. The van der Waals surface area contributed by atoms with Crippen LogP contribution in [0.4, 0.5) is 0 Å². The van der Waals surface area contributed by atoms with Gasteiger partial charge in [-0.25, -0.2) is 0 Å². The molecule has 42 heavy (non-hydrogen) atoms. The summed E-state index contributed by atoms with van der Waals surface area (Å²) in [5.41, 5.74) is 11.8. The standard InChI is InChI=1S/C33H62N6O3/c1-4-5-6-7-8-9-10-11-12-13-14-15-16-17-18-22-31(40)37-28-26-30(32(41)36-24-25-38(2)3)39(27-28)33(42)29(35)21-19-20-23-34/h8-9,11-12,28-30H,4-7,10,13-27,34-35H2,1-3H3,(H,36,41)(H,37,40)/b9-8+,12-11+/t28-,29?,30-/m0/s1. The zero-order valence-electron chi connectivity index (χ0n) is 27.0. The van der Waals surface area contributed by atoms with E-state index >= 15 is 0 Å². The maximum absolute atomic E-state index is 13.2. The average molecular weight is 591 g/mol. The Balaban J connectivity index is 2.36. The van der Waals surface area contributed by atoms with Crippen LogP contribution in [-0.4, -0.2) is 85.9 Å². The number of carbonyl (C=O) groups is 3. The lowest BCUT2D eigenvalue weighted by atomic mass is 10.1. The Bertz CT molecular complexity index is 801. The highest BCUT2D eigenvalue weighted by Crippen LogP contribution is 2.21. The molecule has 0 saturated carbocycles. The molecule has 0 aliphatic carbocycles. The van der Waals surface area contributed by atoms with Crippen molar-refractivity contribution >= 4 is 17.7 Å². The molecule has 3 amide bonds. The van der Waals surface area contributed by atoms with Crippen molar-refractivity contribution in [3.05, 3.63) is 24.3 Å². The Labute approximate surface area is 256 Å². The van der Waals surface area contributed by atoms with E-state index < -0.39 is 12.1 Å². The molecular weight excluding hydrogens is 528 g/mol. The minimum Gasteiger partial charge on any atom is -0.353 e. The third kappa shape index (κ3) is 17.7. The quantitative estimate of drug-likeness (QED) is 0.0991. The molecular formula is C33H62N6O3. The van der Waals surface area contributed by atoms with Crippen LogP contribution in [0, 0.1) is 0 Å². The van der Waals surface area contributed by atoms with Crippen LogP contribution in [0.15, 0.2) is 24.3 Å². The van der Waals surface area contributed by atoms with Gasteiger partial charge in [0.1, 0.15) is 6.04 Å². The first kappa shape index (κ1) is 37.8. The predicted molar refractivity (Wildman–Crippen MR) is 174 cm³/mol. The number of nitrogens with one attached hydrogen (secondary N) is 2. The summed E-state index contributed by atoms with van der Waals surface area (Å²) in [7, 11) is 3.88. The number of nitrogens with zero attached hydrogens (tertiary/aromatic N) is 2. The monoisotopic (exact) mass is 590 g/mol. The number of allylic oxidation sites excluding steroid dienone is 4. The van der Waals surface area contributed by atoms with E-state index in [4.69, 9.17) is 11.5 Å². The Hall–Kier alpha value is -2.23. The van der Waals surface area contributed by atoms with E-state index in [2.05, 4.69) is 41.9 Å². The van der Waals surface area contributed by atoms with Crippen LogP contribution in [0.3, 0.4) is 0 Å². The average Bonchev–Trinajstić information content (AvgIpc) is 3.38. The van der Waals surface area contributed by atoms with E-state index in [0.29, 0.717) is 45.4 Å². The molecule has 1 aliphatic heterocycles. The molecule has 6 N–H and O–H groups in total. The van der Waals surface area contributed by atoms with E-state index in [9.17, 15) is 14.4 Å². The van der Waals surface area contributed by atoms with E-state index in [1.165, 1.54) is 38.5 Å². The summed E-state index contributed by atoms with van der Waals surface area (Å²) in [4.78, 5) is 42.4. The summed E-state index contributed by atoms with van der Waals surface area (Å²) in [5.74, 6) is -0.436. The second kappa shape index (κ2) is 24.2. The first-order valence-electron chi connectivity index (χ1n) is 16.6. The van der Waals surface area contributed by atoms with Gasteiger partial charge in [-0.15, -0.1) is 0 Å². The van der Waals surface area contributed by atoms with Crippen LogP contribution in [-0.2, 0) is 14.4 Å². The number of rotatable bonds is 24. The smallest absolute Gasteiger partial charge is 0.242 e. The lowest BCUT2D eigenvalue weighted by Gasteiger charge is -2.26. The molecule has 0 radical (unpaired) electrons. The third-order valence-electron chi connectivity index (χ3n) is 7.75. The van der Waals surface area contributed by atoms with Crippen LogP contribution in [0.1, 0.15) is 110 Å². The Morgan fingerprint density at radius 2 is 1.60 bits per heavy atom. The van der Waals surface area contributed by atoms with Gasteiger partial charge in [0.25, 0.3) is 0 Å². The first-order valence-corrected chi connectivity index (χ1v) is 16.6. The number of amides is 3. The summed E-state index contributed by atoms with van der Waals surface area (Å²) >= 11 is 0. The summed E-state index contributed by atoms with van der Waals surface area (Å²) in [6, 6.07) is -1.54. The van der Waals surface area contributed by atoms with Gasteiger partial charge in [-0.05, 0) is 78.4 Å². The van der Waals surface area contributed by atoms with Gasteiger partial charge in [-0.1, -0.05) is 69.8 Å². The number of likely N-dealkylation sites (N-methyl/N-ethyl adjacent to an activating group) is 1. The van der Waals surface area contributed by atoms with E-state index in [-0.39, 0.29) is 23.8 Å². The molecule has 1 aliphatic rings. The van der Waals surface area contributed by atoms with Crippen molar-refractivity contribution in [2.45, 2.75) is 128 Å². The van der Waals surface area contributed by atoms with Crippen molar-refractivity contribution < 1.29 is 14.4 Å². The van der Waals surface area contributed by atoms with Crippen molar-refractivity contribution in [3.63, 3.8) is 0 Å². The number of unbranched alkanes of at least 4 members (excludes halogenated alkanes) is 9. The first-order chi connectivity index (χ1) is 20.3. The van der Waals surface area contributed by atoms with Crippen molar-refractivity contribution in [3.8, 4) is 0 Å². The summed E-state index contributed by atoms with van der Waals surface area (Å²) < 4.78 is 0. The molecule has 0 bridgehead atoms. The number of hydrogen-bond acceptors (Lipinski definition) is 6. The van der Waals surface area contributed by atoms with Gasteiger partial charge in [0.05, 0.1) is 6.04 Å². The molecule has 1 rings (SSSR count). The molecule has 0 spiro atoms. The van der Waals surface area contributed by atoms with Crippen LogP contribution in [0.2, 0.25) is 0 Å². The van der Waals surface area contributed by atoms with Gasteiger partial charge in [0, 0.05) is 32.1 Å². The van der Waals surface area contributed by atoms with Gasteiger partial charge in [0.2, 0.25) is 17.7 Å². The lowest BCUT2D eigenvalue weighted by Crippen LogP contribution is -2.52.